The molecule has 25 heavy (non-hydrogen) atoms. The lowest BCUT2D eigenvalue weighted by atomic mass is 9.54. The molecule has 4 bridgehead atoms. The maximum Gasteiger partial charge on any atom is 0.0234 e. The fraction of sp³-hybridized carbons (Fsp3) is 0.714. The first-order chi connectivity index (χ1) is 11.3. The highest BCUT2D eigenvalue weighted by Crippen LogP contribution is 2.55. The fourth-order valence-corrected chi connectivity index (χ4v) is 6.55. The molecule has 0 unspecified atom stereocenters. The molecule has 4 heteroatoms. The molecule has 5 fully saturated rings. The van der Waals surface area contributed by atoms with Gasteiger partial charge in [-0.05, 0) is 61.3 Å². The zero-order valence-electron chi connectivity index (χ0n) is 15.1. The molecule has 4 saturated carbocycles. The van der Waals surface area contributed by atoms with Crippen LogP contribution in [-0.2, 0) is 6.54 Å². The van der Waals surface area contributed by atoms with Crippen molar-refractivity contribution in [2.75, 3.05) is 26.2 Å². The Morgan fingerprint density at radius 2 is 1.28 bits per heavy atom. The molecule has 1 heterocycles. The predicted octanol–water partition coefficient (Wildman–Crippen LogP) is 4.47. The highest BCUT2D eigenvalue weighted by molar-refractivity contribution is 5.85. The number of nitrogens with zero attached hydrogens (tertiary/aromatic N) is 2. The predicted molar refractivity (Wildman–Crippen MR) is 109 cm³/mol. The van der Waals surface area contributed by atoms with Crippen LogP contribution in [0, 0.1) is 23.7 Å². The Balaban J connectivity index is 0.000000911. The Bertz CT molecular complexity index is 514. The molecule has 0 aromatic heterocycles. The summed E-state index contributed by atoms with van der Waals surface area (Å²) in [4.78, 5) is 5.55. The molecule has 0 atom stereocenters. The summed E-state index contributed by atoms with van der Waals surface area (Å²) in [7, 11) is 0. The third-order valence-electron chi connectivity index (χ3n) is 7.25. The van der Waals surface area contributed by atoms with E-state index in [1.54, 1.807) is 32.1 Å². The van der Waals surface area contributed by atoms with E-state index in [1.807, 2.05) is 0 Å². The van der Waals surface area contributed by atoms with Crippen LogP contribution in [0.5, 0.6) is 0 Å². The first kappa shape index (κ1) is 19.5. The molecule has 1 aliphatic heterocycles. The summed E-state index contributed by atoms with van der Waals surface area (Å²) in [6.07, 6.45) is 7.80. The van der Waals surface area contributed by atoms with Crippen LogP contribution in [-0.4, -0.2) is 42.0 Å². The van der Waals surface area contributed by atoms with Crippen molar-refractivity contribution in [1.82, 2.24) is 9.80 Å². The van der Waals surface area contributed by atoms with Crippen LogP contribution < -0.4 is 0 Å². The van der Waals surface area contributed by atoms with E-state index in [0.29, 0.717) is 0 Å². The monoisotopic (exact) mass is 382 g/mol. The first-order valence-corrected chi connectivity index (χ1v) is 9.85. The van der Waals surface area contributed by atoms with Gasteiger partial charge in [-0.3, -0.25) is 9.80 Å². The molecule has 6 rings (SSSR count). The maximum atomic E-state index is 2.90. The second-order valence-electron chi connectivity index (χ2n) is 8.72. The Morgan fingerprint density at radius 1 is 0.720 bits per heavy atom. The Hall–Kier alpha value is -0.280. The Morgan fingerprint density at radius 3 is 1.84 bits per heavy atom. The van der Waals surface area contributed by atoms with Crippen molar-refractivity contribution in [2.24, 2.45) is 23.7 Å². The van der Waals surface area contributed by atoms with Crippen molar-refractivity contribution in [3.05, 3.63) is 35.9 Å². The summed E-state index contributed by atoms with van der Waals surface area (Å²) < 4.78 is 0. The largest absolute Gasteiger partial charge is 0.297 e. The van der Waals surface area contributed by atoms with Crippen LogP contribution in [0.15, 0.2) is 30.3 Å². The molecular formula is C21H32Cl2N2. The third kappa shape index (κ3) is 3.88. The summed E-state index contributed by atoms with van der Waals surface area (Å²) in [5.74, 6) is 4.31. The number of halogens is 2. The Labute approximate surface area is 165 Å². The average molecular weight is 383 g/mol. The van der Waals surface area contributed by atoms with E-state index in [-0.39, 0.29) is 24.8 Å². The topological polar surface area (TPSA) is 6.48 Å². The molecule has 1 aromatic carbocycles. The molecule has 4 aliphatic carbocycles. The zero-order chi connectivity index (χ0) is 15.2. The van der Waals surface area contributed by atoms with Crippen LogP contribution in [0.3, 0.4) is 0 Å². The van der Waals surface area contributed by atoms with Crippen molar-refractivity contribution in [3.8, 4) is 0 Å². The summed E-state index contributed by atoms with van der Waals surface area (Å²) in [6.45, 7) is 6.27. The summed E-state index contributed by atoms with van der Waals surface area (Å²) in [6, 6.07) is 11.9. The van der Waals surface area contributed by atoms with Crippen molar-refractivity contribution >= 4 is 24.8 Å². The first-order valence-electron chi connectivity index (χ1n) is 9.85. The summed E-state index contributed by atoms with van der Waals surface area (Å²) >= 11 is 0. The average Bonchev–Trinajstić information content (AvgIpc) is 2.56. The molecule has 1 aromatic rings. The van der Waals surface area contributed by atoms with Gasteiger partial charge in [0.1, 0.15) is 0 Å². The van der Waals surface area contributed by atoms with Gasteiger partial charge in [0.05, 0.1) is 0 Å². The highest BCUT2D eigenvalue weighted by atomic mass is 35.5. The minimum Gasteiger partial charge on any atom is -0.297 e. The molecule has 5 aliphatic rings. The molecular weight excluding hydrogens is 351 g/mol. The molecule has 0 spiro atoms. The SMILES string of the molecule is Cl.Cl.c1ccc(CN2CCN(C3C4CC5CC(C4)CC3C5)CC2)cc1. The molecule has 1 saturated heterocycles. The van der Waals surface area contributed by atoms with Gasteiger partial charge in [0.2, 0.25) is 0 Å². The van der Waals surface area contributed by atoms with Gasteiger partial charge in [-0.15, -0.1) is 24.8 Å². The van der Waals surface area contributed by atoms with Crippen LogP contribution in [0.4, 0.5) is 0 Å². The number of hydrogen-bond donors (Lipinski definition) is 0. The van der Waals surface area contributed by atoms with Gasteiger partial charge < -0.3 is 0 Å². The van der Waals surface area contributed by atoms with Crippen LogP contribution in [0.25, 0.3) is 0 Å². The van der Waals surface area contributed by atoms with E-state index < -0.39 is 0 Å². The summed E-state index contributed by atoms with van der Waals surface area (Å²) in [5.41, 5.74) is 1.47. The van der Waals surface area contributed by atoms with E-state index in [2.05, 4.69) is 40.1 Å². The minimum absolute atomic E-state index is 0. The van der Waals surface area contributed by atoms with Gasteiger partial charge in [-0.2, -0.15) is 0 Å². The lowest BCUT2D eigenvalue weighted by molar-refractivity contribution is -0.0769. The van der Waals surface area contributed by atoms with Crippen molar-refractivity contribution in [3.63, 3.8) is 0 Å². The number of benzene rings is 1. The van der Waals surface area contributed by atoms with Gasteiger partial charge in [-0.25, -0.2) is 0 Å². The molecule has 2 nitrogen and oxygen atoms in total. The standard InChI is InChI=1S/C21H30N2.2ClH/c1-2-4-16(5-3-1)15-22-6-8-23(9-7-22)21-19-11-17-10-18(13-19)14-20(21)12-17;;/h1-5,17-21H,6-15H2;2*1H. The molecule has 0 radical (unpaired) electrons. The maximum absolute atomic E-state index is 2.90. The normalized spacial score (nSPS) is 37.4. The zero-order valence-corrected chi connectivity index (χ0v) is 16.7. The van der Waals surface area contributed by atoms with Gasteiger partial charge >= 0.3 is 0 Å². The second-order valence-corrected chi connectivity index (χ2v) is 8.72. The van der Waals surface area contributed by atoms with Crippen LogP contribution in [0.2, 0.25) is 0 Å². The van der Waals surface area contributed by atoms with Gasteiger partial charge in [0, 0.05) is 38.8 Å². The van der Waals surface area contributed by atoms with Crippen molar-refractivity contribution in [2.45, 2.75) is 44.7 Å². The van der Waals surface area contributed by atoms with E-state index in [9.17, 15) is 0 Å². The quantitative estimate of drug-likeness (QED) is 0.760. The summed E-state index contributed by atoms with van der Waals surface area (Å²) in [5, 5.41) is 0. The van der Waals surface area contributed by atoms with E-state index >= 15 is 0 Å². The third-order valence-corrected chi connectivity index (χ3v) is 7.25. The van der Waals surface area contributed by atoms with Crippen LogP contribution >= 0.6 is 24.8 Å². The van der Waals surface area contributed by atoms with E-state index in [4.69, 9.17) is 0 Å². The smallest absolute Gasteiger partial charge is 0.0234 e. The van der Waals surface area contributed by atoms with Gasteiger partial charge in [0.25, 0.3) is 0 Å². The van der Waals surface area contributed by atoms with Gasteiger partial charge in [-0.1, -0.05) is 30.3 Å². The lowest BCUT2D eigenvalue weighted by Gasteiger charge is -2.58. The van der Waals surface area contributed by atoms with E-state index in [1.165, 1.54) is 31.7 Å². The number of piperazine rings is 1. The van der Waals surface area contributed by atoms with Crippen molar-refractivity contribution in [1.29, 1.82) is 0 Å². The Kier molecular flexibility index (Phi) is 6.36. The van der Waals surface area contributed by atoms with Crippen LogP contribution in [0.1, 0.15) is 37.7 Å². The van der Waals surface area contributed by atoms with E-state index in [0.717, 1.165) is 36.3 Å². The lowest BCUT2D eigenvalue weighted by Crippen LogP contribution is -2.60. The minimum atomic E-state index is 0. The second kappa shape index (κ2) is 8.17. The molecule has 140 valence electrons. The molecule has 0 N–H and O–H groups in total. The number of rotatable bonds is 3. The molecule has 0 amide bonds. The fourth-order valence-electron chi connectivity index (χ4n) is 6.55. The highest BCUT2D eigenvalue weighted by Gasteiger charge is 2.50. The van der Waals surface area contributed by atoms with Gasteiger partial charge in [0.15, 0.2) is 0 Å². The van der Waals surface area contributed by atoms with Crippen molar-refractivity contribution < 1.29 is 0 Å². The number of hydrogen-bond acceptors (Lipinski definition) is 2.